The molecular formula is C24H14O4. The summed E-state index contributed by atoms with van der Waals surface area (Å²) in [6, 6.07) is 22.7. The van der Waals surface area contributed by atoms with Gasteiger partial charge in [-0.3, -0.25) is 0 Å². The molecule has 0 aliphatic heterocycles. The Balaban J connectivity index is 1.95. The van der Waals surface area contributed by atoms with Gasteiger partial charge in [-0.15, -0.1) is 0 Å². The van der Waals surface area contributed by atoms with Crippen molar-refractivity contribution in [3.8, 4) is 11.1 Å². The number of carboxylic acid groups (broad SMARTS) is 2. The van der Waals surface area contributed by atoms with Crippen molar-refractivity contribution in [2.75, 3.05) is 0 Å². The van der Waals surface area contributed by atoms with Gasteiger partial charge in [0, 0.05) is 0 Å². The molecule has 0 atom stereocenters. The van der Waals surface area contributed by atoms with Gasteiger partial charge in [0.15, 0.2) is 0 Å². The van der Waals surface area contributed by atoms with Crippen molar-refractivity contribution in [3.05, 3.63) is 83.9 Å². The third-order valence-corrected chi connectivity index (χ3v) is 5.33. The molecule has 28 heavy (non-hydrogen) atoms. The molecule has 5 aromatic rings. The summed E-state index contributed by atoms with van der Waals surface area (Å²) >= 11 is 0. The molecule has 0 fully saturated rings. The molecule has 5 aromatic carbocycles. The molecule has 4 heteroatoms. The van der Waals surface area contributed by atoms with Crippen LogP contribution in [0.5, 0.6) is 0 Å². The van der Waals surface area contributed by atoms with Gasteiger partial charge in [-0.1, -0.05) is 66.7 Å². The minimum atomic E-state index is -1.25. The van der Waals surface area contributed by atoms with Crippen LogP contribution in [0.25, 0.3) is 43.4 Å². The Hall–Kier alpha value is -3.92. The number of hydrogen-bond acceptors (Lipinski definition) is 2. The molecule has 0 bridgehead atoms. The van der Waals surface area contributed by atoms with Gasteiger partial charge in [0.2, 0.25) is 0 Å². The predicted molar refractivity (Wildman–Crippen MR) is 110 cm³/mol. The summed E-state index contributed by atoms with van der Waals surface area (Å²) in [4.78, 5) is 23.5. The Bertz CT molecular complexity index is 1400. The monoisotopic (exact) mass is 366 g/mol. The molecule has 0 aliphatic carbocycles. The van der Waals surface area contributed by atoms with E-state index in [0.29, 0.717) is 11.1 Å². The topological polar surface area (TPSA) is 74.6 Å². The average Bonchev–Trinajstić information content (AvgIpc) is 2.71. The molecule has 134 valence electrons. The smallest absolute Gasteiger partial charge is 0.337 e. The Morgan fingerprint density at radius 3 is 1.86 bits per heavy atom. The van der Waals surface area contributed by atoms with E-state index in [-0.39, 0.29) is 11.1 Å². The van der Waals surface area contributed by atoms with Gasteiger partial charge in [0.05, 0.1) is 11.1 Å². The molecule has 2 N–H and O–H groups in total. The van der Waals surface area contributed by atoms with Crippen LogP contribution in [0.1, 0.15) is 20.7 Å². The van der Waals surface area contributed by atoms with Crippen LogP contribution < -0.4 is 0 Å². The Kier molecular flexibility index (Phi) is 3.36. The largest absolute Gasteiger partial charge is 0.478 e. The molecule has 0 unspecified atom stereocenters. The van der Waals surface area contributed by atoms with Crippen LogP contribution in [-0.4, -0.2) is 22.2 Å². The number of rotatable bonds is 3. The molecule has 0 saturated heterocycles. The van der Waals surface area contributed by atoms with E-state index in [9.17, 15) is 19.8 Å². The summed E-state index contributed by atoms with van der Waals surface area (Å²) in [6.07, 6.45) is 0. The Morgan fingerprint density at radius 2 is 1.18 bits per heavy atom. The van der Waals surface area contributed by atoms with Gasteiger partial charge in [0.25, 0.3) is 0 Å². The molecule has 0 spiro atoms. The molecule has 5 rings (SSSR count). The number of benzene rings is 5. The first-order chi connectivity index (χ1) is 13.6. The zero-order valence-electron chi connectivity index (χ0n) is 14.6. The van der Waals surface area contributed by atoms with Crippen LogP contribution in [0, 0.1) is 0 Å². The molecular weight excluding hydrogens is 352 g/mol. The second-order valence-electron chi connectivity index (χ2n) is 6.81. The summed E-state index contributed by atoms with van der Waals surface area (Å²) in [5, 5.41) is 25.6. The number of hydrogen-bond donors (Lipinski definition) is 2. The first-order valence-electron chi connectivity index (χ1n) is 8.83. The Labute approximate surface area is 159 Å². The number of carboxylic acids is 2. The minimum absolute atomic E-state index is 0.190. The second kappa shape index (κ2) is 5.79. The van der Waals surface area contributed by atoms with E-state index in [4.69, 9.17) is 0 Å². The minimum Gasteiger partial charge on any atom is -0.478 e. The number of aromatic carboxylic acids is 2. The zero-order chi connectivity index (χ0) is 19.4. The molecule has 0 aromatic heterocycles. The van der Waals surface area contributed by atoms with Crippen molar-refractivity contribution in [1.82, 2.24) is 0 Å². The summed E-state index contributed by atoms with van der Waals surface area (Å²) in [5.41, 5.74) is 0.720. The van der Waals surface area contributed by atoms with Gasteiger partial charge >= 0.3 is 11.9 Å². The molecule has 0 saturated carbocycles. The first kappa shape index (κ1) is 16.3. The third-order valence-electron chi connectivity index (χ3n) is 5.33. The van der Waals surface area contributed by atoms with Gasteiger partial charge < -0.3 is 10.2 Å². The lowest BCUT2D eigenvalue weighted by atomic mass is 9.87. The van der Waals surface area contributed by atoms with Gasteiger partial charge in [-0.25, -0.2) is 9.59 Å². The van der Waals surface area contributed by atoms with Gasteiger partial charge in [-0.05, 0) is 49.5 Å². The fourth-order valence-electron chi connectivity index (χ4n) is 4.16. The molecule has 0 heterocycles. The lowest BCUT2D eigenvalue weighted by molar-refractivity contribution is 0.0652. The van der Waals surface area contributed by atoms with Crippen molar-refractivity contribution in [1.29, 1.82) is 0 Å². The van der Waals surface area contributed by atoms with E-state index in [1.807, 2.05) is 30.3 Å². The zero-order valence-corrected chi connectivity index (χ0v) is 14.6. The third kappa shape index (κ3) is 2.18. The maximum absolute atomic E-state index is 11.9. The maximum Gasteiger partial charge on any atom is 0.337 e. The van der Waals surface area contributed by atoms with E-state index in [0.717, 1.165) is 32.3 Å². The standard InChI is InChI=1S/C24H14O4/c25-23(26)19-6-2-5-17(22(19)24(27)28)16-11-9-15-8-7-13-3-1-4-14-10-12-18(16)21(15)20(13)14/h1-12H,(H,25,26)(H,27,28). The van der Waals surface area contributed by atoms with Crippen LogP contribution in [0.2, 0.25) is 0 Å². The molecule has 4 nitrogen and oxygen atoms in total. The predicted octanol–water partition coefficient (Wildman–Crippen LogP) is 5.65. The van der Waals surface area contributed by atoms with E-state index in [2.05, 4.69) is 24.3 Å². The quantitative estimate of drug-likeness (QED) is 0.405. The maximum atomic E-state index is 11.9. The van der Waals surface area contributed by atoms with Crippen LogP contribution in [0.4, 0.5) is 0 Å². The Morgan fingerprint density at radius 1 is 0.571 bits per heavy atom. The highest BCUT2D eigenvalue weighted by Gasteiger charge is 2.22. The summed E-state index contributed by atoms with van der Waals surface area (Å²) in [6.45, 7) is 0. The van der Waals surface area contributed by atoms with Crippen molar-refractivity contribution in [2.24, 2.45) is 0 Å². The highest BCUT2D eigenvalue weighted by molar-refractivity contribution is 6.26. The number of carbonyl (C=O) groups is 2. The fourth-order valence-corrected chi connectivity index (χ4v) is 4.16. The lowest BCUT2D eigenvalue weighted by Gasteiger charge is -2.16. The normalized spacial score (nSPS) is 11.4. The second-order valence-corrected chi connectivity index (χ2v) is 6.81. The highest BCUT2D eigenvalue weighted by Crippen LogP contribution is 2.40. The molecule has 0 aliphatic rings. The van der Waals surface area contributed by atoms with Crippen LogP contribution in [-0.2, 0) is 0 Å². The fraction of sp³-hybridized carbons (Fsp3) is 0. The van der Waals surface area contributed by atoms with Crippen LogP contribution >= 0.6 is 0 Å². The van der Waals surface area contributed by atoms with E-state index in [1.54, 1.807) is 12.1 Å². The first-order valence-corrected chi connectivity index (χ1v) is 8.83. The van der Waals surface area contributed by atoms with Gasteiger partial charge in [0.1, 0.15) is 0 Å². The van der Waals surface area contributed by atoms with E-state index < -0.39 is 11.9 Å². The molecule has 0 radical (unpaired) electrons. The van der Waals surface area contributed by atoms with Crippen molar-refractivity contribution in [3.63, 3.8) is 0 Å². The lowest BCUT2D eigenvalue weighted by Crippen LogP contribution is -2.09. The van der Waals surface area contributed by atoms with Gasteiger partial charge in [-0.2, -0.15) is 0 Å². The van der Waals surface area contributed by atoms with E-state index in [1.165, 1.54) is 6.07 Å². The summed E-state index contributed by atoms with van der Waals surface area (Å²) in [7, 11) is 0. The average molecular weight is 366 g/mol. The summed E-state index contributed by atoms with van der Waals surface area (Å²) in [5.74, 6) is -2.50. The van der Waals surface area contributed by atoms with Crippen molar-refractivity contribution >= 4 is 44.3 Å². The summed E-state index contributed by atoms with van der Waals surface area (Å²) < 4.78 is 0. The van der Waals surface area contributed by atoms with Crippen molar-refractivity contribution < 1.29 is 19.8 Å². The highest BCUT2D eigenvalue weighted by atomic mass is 16.4. The molecule has 0 amide bonds. The van der Waals surface area contributed by atoms with Crippen molar-refractivity contribution in [2.45, 2.75) is 0 Å². The van der Waals surface area contributed by atoms with Crippen LogP contribution in [0.15, 0.2) is 72.8 Å². The van der Waals surface area contributed by atoms with E-state index >= 15 is 0 Å². The SMILES string of the molecule is O=C(O)c1cccc(-c2ccc3ccc4cccc5ccc2c3c45)c1C(=O)O. The van der Waals surface area contributed by atoms with Crippen LogP contribution in [0.3, 0.4) is 0 Å².